The lowest BCUT2D eigenvalue weighted by atomic mass is 10.1. The highest BCUT2D eigenvalue weighted by atomic mass is 127. The average molecular weight is 518 g/mol. The highest BCUT2D eigenvalue weighted by Gasteiger charge is 2.17. The Morgan fingerprint density at radius 2 is 2.07 bits per heavy atom. The lowest BCUT2D eigenvalue weighted by Crippen LogP contribution is -2.38. The van der Waals surface area contributed by atoms with Crippen LogP contribution >= 0.6 is 24.0 Å². The number of nitrogens with one attached hydrogen (secondary N) is 2. The number of guanidine groups is 1. The summed E-state index contributed by atoms with van der Waals surface area (Å²) in [7, 11) is 1.72. The number of rotatable bonds is 7. The molecule has 29 heavy (non-hydrogen) atoms. The third-order valence-electron chi connectivity index (χ3n) is 4.70. The van der Waals surface area contributed by atoms with E-state index in [0.717, 1.165) is 46.7 Å². The second-order valence-corrected chi connectivity index (χ2v) is 6.50. The van der Waals surface area contributed by atoms with E-state index in [1.54, 1.807) is 7.05 Å². The van der Waals surface area contributed by atoms with Crippen molar-refractivity contribution < 1.29 is 18.4 Å². The van der Waals surface area contributed by atoms with E-state index in [1.165, 1.54) is 12.1 Å². The first-order valence-electron chi connectivity index (χ1n) is 9.58. The first kappa shape index (κ1) is 23.4. The number of aliphatic imine (C=N–C) groups is 1. The van der Waals surface area contributed by atoms with Gasteiger partial charge in [0.05, 0.1) is 12.3 Å². The first-order valence-corrected chi connectivity index (χ1v) is 9.58. The van der Waals surface area contributed by atoms with Crippen molar-refractivity contribution in [3.05, 3.63) is 46.1 Å². The van der Waals surface area contributed by atoms with Gasteiger partial charge in [-0.2, -0.15) is 0 Å². The van der Waals surface area contributed by atoms with E-state index in [-0.39, 0.29) is 36.6 Å². The van der Waals surface area contributed by atoms with Gasteiger partial charge in [-0.3, -0.25) is 4.99 Å². The van der Waals surface area contributed by atoms with Gasteiger partial charge in [-0.1, -0.05) is 19.0 Å². The van der Waals surface area contributed by atoms with E-state index in [1.807, 2.05) is 6.92 Å². The van der Waals surface area contributed by atoms with Gasteiger partial charge in [0.25, 0.3) is 0 Å². The smallest absolute Gasteiger partial charge is 0.191 e. The molecular weight excluding hydrogens is 490 g/mol. The molecule has 1 aliphatic heterocycles. The van der Waals surface area contributed by atoms with E-state index < -0.39 is 0 Å². The third kappa shape index (κ3) is 5.81. The maximum atomic E-state index is 13.8. The topological polar surface area (TPSA) is 80.9 Å². The normalized spacial score (nSPS) is 13.3. The molecule has 1 aliphatic rings. The lowest BCUT2D eigenvalue weighted by molar-refractivity contribution is -0.0172. The van der Waals surface area contributed by atoms with Gasteiger partial charge in [0.15, 0.2) is 12.8 Å². The Labute approximate surface area is 187 Å². The zero-order chi connectivity index (χ0) is 19.9. The van der Waals surface area contributed by atoms with Crippen LogP contribution in [0.25, 0.3) is 0 Å². The minimum absolute atomic E-state index is 0. The molecule has 1 aromatic carbocycles. The molecule has 0 spiro atoms. The Bertz CT molecular complexity index is 820. The van der Waals surface area contributed by atoms with Crippen molar-refractivity contribution in [1.29, 1.82) is 0 Å². The predicted molar refractivity (Wildman–Crippen MR) is 119 cm³/mol. The van der Waals surface area contributed by atoms with Crippen molar-refractivity contribution in [2.75, 3.05) is 20.4 Å². The number of ether oxygens (including phenoxy) is 2. The molecule has 9 heteroatoms. The summed E-state index contributed by atoms with van der Waals surface area (Å²) in [6, 6.07) is 2.97. The Kier molecular flexibility index (Phi) is 9.15. The molecule has 0 unspecified atom stereocenters. The van der Waals surface area contributed by atoms with E-state index in [2.05, 4.69) is 27.7 Å². The quantitative estimate of drug-likeness (QED) is 0.333. The summed E-state index contributed by atoms with van der Waals surface area (Å²) in [4.78, 5) is 4.25. The van der Waals surface area contributed by atoms with Gasteiger partial charge in [0, 0.05) is 37.7 Å². The minimum Gasteiger partial charge on any atom is -0.467 e. The van der Waals surface area contributed by atoms with Crippen LogP contribution in [0.2, 0.25) is 0 Å². The molecule has 0 saturated heterocycles. The number of aromatic nitrogens is 1. The summed E-state index contributed by atoms with van der Waals surface area (Å²) in [6.45, 7) is 5.84. The van der Waals surface area contributed by atoms with Gasteiger partial charge in [-0.25, -0.2) is 4.39 Å². The number of halogens is 2. The van der Waals surface area contributed by atoms with E-state index >= 15 is 0 Å². The van der Waals surface area contributed by atoms with Crippen LogP contribution < -0.4 is 15.4 Å². The molecule has 7 nitrogen and oxygen atoms in total. The van der Waals surface area contributed by atoms with Crippen LogP contribution in [0.3, 0.4) is 0 Å². The third-order valence-corrected chi connectivity index (χ3v) is 4.70. The molecule has 2 N–H and O–H groups in total. The fourth-order valence-electron chi connectivity index (χ4n) is 3.29. The van der Waals surface area contributed by atoms with Gasteiger partial charge in [0.2, 0.25) is 0 Å². The van der Waals surface area contributed by atoms with Crippen molar-refractivity contribution in [1.82, 2.24) is 15.8 Å². The Morgan fingerprint density at radius 3 is 2.79 bits per heavy atom. The molecule has 160 valence electrons. The monoisotopic (exact) mass is 518 g/mol. The molecule has 0 fully saturated rings. The summed E-state index contributed by atoms with van der Waals surface area (Å²) < 4.78 is 30.0. The molecule has 0 saturated carbocycles. The molecule has 3 rings (SSSR count). The Morgan fingerprint density at radius 1 is 1.24 bits per heavy atom. The van der Waals surface area contributed by atoms with Gasteiger partial charge in [-0.15, -0.1) is 24.0 Å². The minimum atomic E-state index is -0.281. The number of hydrogen-bond acceptors (Lipinski definition) is 5. The van der Waals surface area contributed by atoms with Crippen molar-refractivity contribution in [2.24, 2.45) is 4.99 Å². The highest BCUT2D eigenvalue weighted by Crippen LogP contribution is 2.29. The maximum Gasteiger partial charge on any atom is 0.191 e. The molecule has 0 aliphatic carbocycles. The molecule has 0 atom stereocenters. The molecule has 1 aromatic heterocycles. The lowest BCUT2D eigenvalue weighted by Gasteiger charge is -2.21. The standard InChI is InChI=1S/C20H27FN4O3.HI/c1-4-17-16(18(5-2)28-25-17)10-24-20(22-3)23-7-6-13-8-15(21)9-14-11-26-12-27-19(13)14;/h8-9H,4-7,10-12H2,1-3H3,(H2,22,23,24);1H. The largest absolute Gasteiger partial charge is 0.467 e. The molecule has 2 aromatic rings. The van der Waals surface area contributed by atoms with Crippen molar-refractivity contribution in [3.63, 3.8) is 0 Å². The van der Waals surface area contributed by atoms with Gasteiger partial charge in [-0.05, 0) is 30.5 Å². The summed E-state index contributed by atoms with van der Waals surface area (Å²) in [5.74, 6) is 2.00. The van der Waals surface area contributed by atoms with Crippen LogP contribution in [0.4, 0.5) is 4.39 Å². The Hall–Kier alpha value is -1.88. The number of hydrogen-bond donors (Lipinski definition) is 2. The number of fused-ring (bicyclic) bond motifs is 1. The Balaban J connectivity index is 0.00000300. The van der Waals surface area contributed by atoms with Crippen LogP contribution in [-0.4, -0.2) is 31.5 Å². The number of aryl methyl sites for hydroxylation is 2. The molecule has 2 heterocycles. The number of benzene rings is 1. The van der Waals surface area contributed by atoms with Crippen molar-refractivity contribution >= 4 is 29.9 Å². The van der Waals surface area contributed by atoms with Crippen LogP contribution in [0.1, 0.15) is 42.0 Å². The highest BCUT2D eigenvalue weighted by molar-refractivity contribution is 14.0. The average Bonchev–Trinajstić information content (AvgIpc) is 3.12. The second kappa shape index (κ2) is 11.3. The van der Waals surface area contributed by atoms with Crippen molar-refractivity contribution in [2.45, 2.75) is 46.3 Å². The van der Waals surface area contributed by atoms with Crippen LogP contribution in [0, 0.1) is 5.82 Å². The summed E-state index contributed by atoms with van der Waals surface area (Å²) in [5.41, 5.74) is 3.61. The van der Waals surface area contributed by atoms with Gasteiger partial charge < -0.3 is 24.6 Å². The molecule has 0 bridgehead atoms. The van der Waals surface area contributed by atoms with Gasteiger partial charge >= 0.3 is 0 Å². The van der Waals surface area contributed by atoms with Crippen LogP contribution in [-0.2, 0) is 37.2 Å². The van der Waals surface area contributed by atoms with Crippen LogP contribution in [0.15, 0.2) is 21.6 Å². The molecular formula is C20H28FIN4O3. The molecule has 0 amide bonds. The molecule has 0 radical (unpaired) electrons. The fraction of sp³-hybridized carbons (Fsp3) is 0.500. The summed E-state index contributed by atoms with van der Waals surface area (Å²) >= 11 is 0. The van der Waals surface area contributed by atoms with E-state index in [4.69, 9.17) is 14.0 Å². The van der Waals surface area contributed by atoms with Crippen LogP contribution in [0.5, 0.6) is 5.75 Å². The van der Waals surface area contributed by atoms with E-state index in [9.17, 15) is 4.39 Å². The summed E-state index contributed by atoms with van der Waals surface area (Å²) in [6.07, 6.45) is 2.22. The van der Waals surface area contributed by atoms with E-state index in [0.29, 0.717) is 32.1 Å². The second-order valence-electron chi connectivity index (χ2n) is 6.50. The first-order chi connectivity index (χ1) is 13.7. The zero-order valence-corrected chi connectivity index (χ0v) is 19.3. The number of nitrogens with zero attached hydrogens (tertiary/aromatic N) is 2. The fourth-order valence-corrected chi connectivity index (χ4v) is 3.29. The van der Waals surface area contributed by atoms with Crippen molar-refractivity contribution in [3.8, 4) is 5.75 Å². The zero-order valence-electron chi connectivity index (χ0n) is 17.0. The maximum absolute atomic E-state index is 13.8. The predicted octanol–water partition coefficient (Wildman–Crippen LogP) is 3.33. The summed E-state index contributed by atoms with van der Waals surface area (Å²) in [5, 5.41) is 10.7. The SMILES string of the molecule is CCc1noc(CC)c1CNC(=NC)NCCc1cc(F)cc2c1OCOC2.I. The van der Waals surface area contributed by atoms with Gasteiger partial charge in [0.1, 0.15) is 17.3 Å².